The molecule has 9 heteroatoms. The molecule has 0 aliphatic rings. The lowest BCUT2D eigenvalue weighted by Crippen LogP contribution is -2.45. The quantitative estimate of drug-likeness (QED) is 0.796. The highest BCUT2D eigenvalue weighted by Crippen LogP contribution is 2.24. The minimum atomic E-state index is -3.94. The van der Waals surface area contributed by atoms with Crippen LogP contribution in [-0.2, 0) is 14.8 Å². The molecule has 0 aliphatic carbocycles. The fourth-order valence-electron chi connectivity index (χ4n) is 2.41. The third kappa shape index (κ3) is 4.37. The number of nitrogens with two attached hydrogens (primary N) is 1. The molecular formula is C17H18FN3O4S. The van der Waals surface area contributed by atoms with Gasteiger partial charge in [-0.05, 0) is 37.3 Å². The van der Waals surface area contributed by atoms with Crippen molar-refractivity contribution >= 4 is 33.2 Å². The molecule has 0 bridgehead atoms. The molecule has 1 atom stereocenters. The number of carbonyl (C=O) groups is 2. The van der Waals surface area contributed by atoms with Crippen LogP contribution >= 0.6 is 0 Å². The standard InChI is InChI=1S/C17H18FN3O4S/c1-11(17(23)20-13-7-5-6-12(10-13)16(19)22)21(26(2,24)25)15-9-4-3-8-14(15)18/h3-11H,1-2H3,(H2,19,22)(H,20,23). The highest BCUT2D eigenvalue weighted by molar-refractivity contribution is 7.92. The first kappa shape index (κ1) is 19.4. The first-order chi connectivity index (χ1) is 12.1. The summed E-state index contributed by atoms with van der Waals surface area (Å²) in [6.45, 7) is 1.33. The van der Waals surface area contributed by atoms with Crippen LogP contribution in [0.5, 0.6) is 0 Å². The van der Waals surface area contributed by atoms with Crippen molar-refractivity contribution in [2.24, 2.45) is 5.73 Å². The number of benzene rings is 2. The first-order valence-electron chi connectivity index (χ1n) is 7.56. The molecule has 7 nitrogen and oxygen atoms in total. The lowest BCUT2D eigenvalue weighted by molar-refractivity contribution is -0.116. The van der Waals surface area contributed by atoms with Gasteiger partial charge in [0.1, 0.15) is 11.9 Å². The Hall–Kier alpha value is -2.94. The van der Waals surface area contributed by atoms with E-state index in [2.05, 4.69) is 5.32 Å². The molecular weight excluding hydrogens is 361 g/mol. The van der Waals surface area contributed by atoms with Crippen molar-refractivity contribution in [1.29, 1.82) is 0 Å². The number of amides is 2. The van der Waals surface area contributed by atoms with Gasteiger partial charge in [0.2, 0.25) is 21.8 Å². The predicted octanol–water partition coefficient (Wildman–Crippen LogP) is 1.72. The molecule has 0 aromatic heterocycles. The summed E-state index contributed by atoms with van der Waals surface area (Å²) in [6, 6.07) is 9.90. The fraction of sp³-hybridized carbons (Fsp3) is 0.176. The summed E-state index contributed by atoms with van der Waals surface area (Å²) >= 11 is 0. The summed E-state index contributed by atoms with van der Waals surface area (Å²) in [4.78, 5) is 23.7. The van der Waals surface area contributed by atoms with E-state index in [1.165, 1.54) is 49.4 Å². The molecule has 26 heavy (non-hydrogen) atoms. The summed E-state index contributed by atoms with van der Waals surface area (Å²) in [5.41, 5.74) is 5.41. The van der Waals surface area contributed by atoms with E-state index in [0.29, 0.717) is 4.31 Å². The SMILES string of the molecule is CC(C(=O)Nc1cccc(C(N)=O)c1)N(c1ccccc1F)S(C)(=O)=O. The van der Waals surface area contributed by atoms with Gasteiger partial charge in [-0.25, -0.2) is 12.8 Å². The number of anilines is 2. The Balaban J connectivity index is 2.33. The minimum Gasteiger partial charge on any atom is -0.366 e. The molecule has 0 fully saturated rings. The van der Waals surface area contributed by atoms with Crippen LogP contribution in [0.4, 0.5) is 15.8 Å². The molecule has 2 aromatic carbocycles. The zero-order chi connectivity index (χ0) is 19.5. The van der Waals surface area contributed by atoms with Gasteiger partial charge in [-0.1, -0.05) is 18.2 Å². The molecule has 0 saturated carbocycles. The van der Waals surface area contributed by atoms with Crippen molar-refractivity contribution < 1.29 is 22.4 Å². The van der Waals surface area contributed by atoms with Crippen LogP contribution in [0.2, 0.25) is 0 Å². The van der Waals surface area contributed by atoms with Crippen LogP contribution in [0, 0.1) is 5.82 Å². The van der Waals surface area contributed by atoms with Crippen LogP contribution in [-0.4, -0.2) is 32.5 Å². The summed E-state index contributed by atoms with van der Waals surface area (Å²) in [7, 11) is -3.94. The second kappa shape index (κ2) is 7.52. The zero-order valence-electron chi connectivity index (χ0n) is 14.1. The normalized spacial score (nSPS) is 12.3. The minimum absolute atomic E-state index is 0.185. The fourth-order valence-corrected chi connectivity index (χ4v) is 3.58. The van der Waals surface area contributed by atoms with Gasteiger partial charge in [-0.3, -0.25) is 13.9 Å². The number of halogens is 1. The Morgan fingerprint density at radius 1 is 1.15 bits per heavy atom. The van der Waals surface area contributed by atoms with Gasteiger partial charge in [0, 0.05) is 11.3 Å². The van der Waals surface area contributed by atoms with Gasteiger partial charge in [0.15, 0.2) is 0 Å². The first-order valence-corrected chi connectivity index (χ1v) is 9.40. The van der Waals surface area contributed by atoms with Crippen LogP contribution in [0.1, 0.15) is 17.3 Å². The number of carbonyl (C=O) groups excluding carboxylic acids is 2. The molecule has 138 valence electrons. The van der Waals surface area contributed by atoms with Gasteiger partial charge >= 0.3 is 0 Å². The number of para-hydroxylation sites is 1. The smallest absolute Gasteiger partial charge is 0.248 e. The summed E-state index contributed by atoms with van der Waals surface area (Å²) in [5, 5.41) is 2.50. The van der Waals surface area contributed by atoms with Gasteiger partial charge in [-0.2, -0.15) is 0 Å². The summed E-state index contributed by atoms with van der Waals surface area (Å²) in [6.07, 6.45) is 0.886. The number of hydrogen-bond donors (Lipinski definition) is 2. The predicted molar refractivity (Wildman–Crippen MR) is 96.8 cm³/mol. The molecule has 0 aliphatic heterocycles. The Morgan fingerprint density at radius 2 is 1.81 bits per heavy atom. The van der Waals surface area contributed by atoms with E-state index in [9.17, 15) is 22.4 Å². The Bertz CT molecular complexity index is 947. The number of sulfonamides is 1. The lowest BCUT2D eigenvalue weighted by atomic mass is 10.2. The lowest BCUT2D eigenvalue weighted by Gasteiger charge is -2.28. The summed E-state index contributed by atoms with van der Waals surface area (Å²) in [5.74, 6) is -2.13. The van der Waals surface area contributed by atoms with Crippen molar-refractivity contribution in [3.63, 3.8) is 0 Å². The highest BCUT2D eigenvalue weighted by Gasteiger charge is 2.31. The van der Waals surface area contributed by atoms with E-state index in [1.54, 1.807) is 0 Å². The van der Waals surface area contributed by atoms with Gasteiger partial charge < -0.3 is 11.1 Å². The van der Waals surface area contributed by atoms with Crippen LogP contribution < -0.4 is 15.4 Å². The van der Waals surface area contributed by atoms with E-state index in [0.717, 1.165) is 12.3 Å². The number of nitrogens with zero attached hydrogens (tertiary/aromatic N) is 1. The van der Waals surface area contributed by atoms with Gasteiger partial charge in [0.25, 0.3) is 0 Å². The average Bonchev–Trinajstić information content (AvgIpc) is 2.55. The second-order valence-corrected chi connectivity index (χ2v) is 7.48. The van der Waals surface area contributed by atoms with Crippen LogP contribution in [0.3, 0.4) is 0 Å². The largest absolute Gasteiger partial charge is 0.366 e. The Morgan fingerprint density at radius 3 is 2.38 bits per heavy atom. The Kier molecular flexibility index (Phi) is 5.61. The molecule has 0 saturated heterocycles. The Labute approximate surface area is 150 Å². The third-order valence-electron chi connectivity index (χ3n) is 3.59. The maximum Gasteiger partial charge on any atom is 0.248 e. The molecule has 2 amide bonds. The van der Waals surface area contributed by atoms with Crippen molar-refractivity contribution in [1.82, 2.24) is 0 Å². The number of hydrogen-bond acceptors (Lipinski definition) is 4. The number of nitrogens with one attached hydrogen (secondary N) is 1. The molecule has 2 rings (SSSR count). The second-order valence-electron chi connectivity index (χ2n) is 5.62. The molecule has 1 unspecified atom stereocenters. The zero-order valence-corrected chi connectivity index (χ0v) is 15.0. The molecule has 0 heterocycles. The van der Waals surface area contributed by atoms with Crippen LogP contribution in [0.25, 0.3) is 0 Å². The number of primary amides is 1. The van der Waals surface area contributed by atoms with Crippen molar-refractivity contribution in [3.8, 4) is 0 Å². The monoisotopic (exact) mass is 379 g/mol. The van der Waals surface area contributed by atoms with Crippen molar-refractivity contribution in [2.45, 2.75) is 13.0 Å². The molecule has 2 aromatic rings. The maximum absolute atomic E-state index is 14.1. The van der Waals surface area contributed by atoms with E-state index in [1.807, 2.05) is 0 Å². The molecule has 3 N–H and O–H groups in total. The average molecular weight is 379 g/mol. The topological polar surface area (TPSA) is 110 Å². The number of rotatable bonds is 6. The van der Waals surface area contributed by atoms with E-state index < -0.39 is 33.7 Å². The van der Waals surface area contributed by atoms with Crippen LogP contribution in [0.15, 0.2) is 48.5 Å². The summed E-state index contributed by atoms with van der Waals surface area (Å²) < 4.78 is 39.1. The van der Waals surface area contributed by atoms with Gasteiger partial charge in [0.05, 0.1) is 11.9 Å². The van der Waals surface area contributed by atoms with E-state index >= 15 is 0 Å². The van der Waals surface area contributed by atoms with Gasteiger partial charge in [-0.15, -0.1) is 0 Å². The van der Waals surface area contributed by atoms with E-state index in [-0.39, 0.29) is 16.9 Å². The van der Waals surface area contributed by atoms with Crippen molar-refractivity contribution in [2.75, 3.05) is 15.9 Å². The maximum atomic E-state index is 14.1. The molecule has 0 spiro atoms. The van der Waals surface area contributed by atoms with Crippen molar-refractivity contribution in [3.05, 3.63) is 59.9 Å². The highest BCUT2D eigenvalue weighted by atomic mass is 32.2. The third-order valence-corrected chi connectivity index (χ3v) is 4.82. The van der Waals surface area contributed by atoms with E-state index in [4.69, 9.17) is 5.73 Å². The molecule has 0 radical (unpaired) electrons.